The Morgan fingerprint density at radius 3 is 2.54 bits per heavy atom. The number of carbonyl (C=O) groups excluding carboxylic acids is 2. The molecule has 1 aromatic rings. The van der Waals surface area contributed by atoms with Crippen LogP contribution in [0.25, 0.3) is 6.08 Å². The third-order valence-electron chi connectivity index (χ3n) is 3.97. The molecule has 2 aliphatic rings. The van der Waals surface area contributed by atoms with E-state index in [2.05, 4.69) is 5.32 Å². The van der Waals surface area contributed by atoms with Crippen LogP contribution in [0.3, 0.4) is 0 Å². The number of rotatable bonds is 4. The van der Waals surface area contributed by atoms with E-state index in [9.17, 15) is 14.7 Å². The van der Waals surface area contributed by atoms with Gasteiger partial charge in [-0.2, -0.15) is 0 Å². The number of β-amino-alcohol motifs (C(OH)–C–C–N with tert-alkyl or cyclic N) is 1. The van der Waals surface area contributed by atoms with E-state index < -0.39 is 5.91 Å². The molecule has 2 amide bonds. The van der Waals surface area contributed by atoms with Gasteiger partial charge in [-0.1, -0.05) is 0 Å². The van der Waals surface area contributed by atoms with Gasteiger partial charge in [0, 0.05) is 30.4 Å². The van der Waals surface area contributed by atoms with E-state index in [0.29, 0.717) is 35.9 Å². The summed E-state index contributed by atoms with van der Waals surface area (Å²) in [4.78, 5) is 25.5. The first kappa shape index (κ1) is 16.7. The van der Waals surface area contributed by atoms with Gasteiger partial charge < -0.3 is 19.5 Å². The number of hydrogen-bond acceptors (Lipinski definition) is 7. The lowest BCUT2D eigenvalue weighted by Gasteiger charge is -2.22. The number of aliphatic hydroxyl groups is 1. The molecule has 0 aliphatic carbocycles. The van der Waals surface area contributed by atoms with Crippen molar-refractivity contribution >= 4 is 34.7 Å². The number of thioether (sulfide) groups is 1. The van der Waals surface area contributed by atoms with Crippen LogP contribution < -0.4 is 19.7 Å². The Morgan fingerprint density at radius 1 is 1.29 bits per heavy atom. The lowest BCUT2D eigenvalue weighted by atomic mass is 10.1. The Bertz CT molecular complexity index is 719. The van der Waals surface area contributed by atoms with Crippen LogP contribution in [-0.4, -0.2) is 49.7 Å². The van der Waals surface area contributed by atoms with Crippen LogP contribution in [0, 0.1) is 0 Å². The Morgan fingerprint density at radius 2 is 2.00 bits per heavy atom. The number of nitrogens with one attached hydrogen (secondary N) is 1. The highest BCUT2D eigenvalue weighted by molar-refractivity contribution is 8.18. The van der Waals surface area contributed by atoms with Crippen molar-refractivity contribution in [1.82, 2.24) is 5.32 Å². The molecule has 1 aromatic carbocycles. The number of anilines is 1. The van der Waals surface area contributed by atoms with Crippen LogP contribution in [0.1, 0.15) is 12.0 Å². The minimum atomic E-state index is -0.410. The first-order chi connectivity index (χ1) is 11.5. The highest BCUT2D eigenvalue weighted by Crippen LogP contribution is 2.39. The molecule has 8 heteroatoms. The molecule has 1 atom stereocenters. The Labute approximate surface area is 143 Å². The SMILES string of the molecule is COc1cc(C=C2SC(=O)NC2=O)c(N2CCC(O)C2)cc1OC. The van der Waals surface area contributed by atoms with E-state index in [0.717, 1.165) is 23.0 Å². The van der Waals surface area contributed by atoms with Crippen LogP contribution in [0.5, 0.6) is 11.5 Å². The molecular formula is C16H18N2O5S. The number of amides is 2. The van der Waals surface area contributed by atoms with E-state index in [1.807, 2.05) is 11.0 Å². The monoisotopic (exact) mass is 350 g/mol. The minimum Gasteiger partial charge on any atom is -0.493 e. The second-order valence-corrected chi connectivity index (χ2v) is 6.52. The van der Waals surface area contributed by atoms with Crippen molar-refractivity contribution in [3.63, 3.8) is 0 Å². The maximum atomic E-state index is 11.8. The highest BCUT2D eigenvalue weighted by Gasteiger charge is 2.27. The molecule has 2 aliphatic heterocycles. The fourth-order valence-electron chi connectivity index (χ4n) is 2.80. The third-order valence-corrected chi connectivity index (χ3v) is 4.78. The van der Waals surface area contributed by atoms with E-state index in [4.69, 9.17) is 9.47 Å². The molecule has 7 nitrogen and oxygen atoms in total. The zero-order chi connectivity index (χ0) is 17.3. The van der Waals surface area contributed by atoms with Gasteiger partial charge in [0.1, 0.15) is 0 Å². The summed E-state index contributed by atoms with van der Waals surface area (Å²) in [7, 11) is 3.09. The zero-order valence-corrected chi connectivity index (χ0v) is 14.2. The maximum absolute atomic E-state index is 11.8. The number of benzene rings is 1. The van der Waals surface area contributed by atoms with E-state index in [1.165, 1.54) is 7.11 Å². The van der Waals surface area contributed by atoms with Crippen molar-refractivity contribution in [3.05, 3.63) is 22.6 Å². The smallest absolute Gasteiger partial charge is 0.290 e. The Balaban J connectivity index is 2.06. The average molecular weight is 350 g/mol. The van der Waals surface area contributed by atoms with Gasteiger partial charge in [0.15, 0.2) is 11.5 Å². The normalized spacial score (nSPS) is 22.2. The van der Waals surface area contributed by atoms with Crippen LogP contribution in [-0.2, 0) is 4.79 Å². The molecule has 2 N–H and O–H groups in total. The average Bonchev–Trinajstić information content (AvgIpc) is 3.12. The van der Waals surface area contributed by atoms with Crippen LogP contribution in [0.4, 0.5) is 10.5 Å². The summed E-state index contributed by atoms with van der Waals surface area (Å²) in [5, 5.41) is 11.7. The zero-order valence-electron chi connectivity index (χ0n) is 13.4. The van der Waals surface area contributed by atoms with Gasteiger partial charge in [-0.3, -0.25) is 14.9 Å². The van der Waals surface area contributed by atoms with Gasteiger partial charge in [0.25, 0.3) is 11.1 Å². The molecule has 0 saturated carbocycles. The molecule has 128 valence electrons. The third kappa shape index (κ3) is 3.20. The van der Waals surface area contributed by atoms with E-state index in [-0.39, 0.29) is 11.3 Å². The standard InChI is InChI=1S/C16H18N2O5S/c1-22-12-5-9(6-14-15(20)17-16(21)24-14)11(7-13(12)23-2)18-4-3-10(19)8-18/h5-7,10,19H,3-4,8H2,1-2H3,(H,17,20,21). The van der Waals surface area contributed by atoms with Crippen LogP contribution >= 0.6 is 11.8 Å². The van der Waals surface area contributed by atoms with Gasteiger partial charge in [-0.25, -0.2) is 0 Å². The summed E-state index contributed by atoms with van der Waals surface area (Å²) in [6, 6.07) is 3.59. The van der Waals surface area contributed by atoms with Crippen molar-refractivity contribution in [1.29, 1.82) is 0 Å². The summed E-state index contributed by atoms with van der Waals surface area (Å²) in [5.74, 6) is 0.686. The summed E-state index contributed by atoms with van der Waals surface area (Å²) in [5.41, 5.74) is 1.55. The fourth-order valence-corrected chi connectivity index (χ4v) is 3.47. The quantitative estimate of drug-likeness (QED) is 0.798. The molecule has 3 rings (SSSR count). The maximum Gasteiger partial charge on any atom is 0.290 e. The minimum absolute atomic E-state index is 0.327. The molecule has 24 heavy (non-hydrogen) atoms. The van der Waals surface area contributed by atoms with Gasteiger partial charge in [0.05, 0.1) is 25.2 Å². The number of imide groups is 1. The lowest BCUT2D eigenvalue weighted by molar-refractivity contribution is -0.115. The van der Waals surface area contributed by atoms with Gasteiger partial charge in [-0.05, 0) is 30.3 Å². The second kappa shape index (κ2) is 6.74. The fraction of sp³-hybridized carbons (Fsp3) is 0.375. The van der Waals surface area contributed by atoms with E-state index >= 15 is 0 Å². The lowest BCUT2D eigenvalue weighted by Crippen LogP contribution is -2.22. The number of hydrogen-bond donors (Lipinski definition) is 2. The number of methoxy groups -OCH3 is 2. The van der Waals surface area contributed by atoms with Gasteiger partial charge in [0.2, 0.25) is 0 Å². The van der Waals surface area contributed by atoms with Crippen molar-refractivity contribution in [2.24, 2.45) is 0 Å². The van der Waals surface area contributed by atoms with Crippen molar-refractivity contribution in [3.8, 4) is 11.5 Å². The van der Waals surface area contributed by atoms with Crippen molar-refractivity contribution in [2.45, 2.75) is 12.5 Å². The van der Waals surface area contributed by atoms with Gasteiger partial charge in [-0.15, -0.1) is 0 Å². The molecular weight excluding hydrogens is 332 g/mol. The molecule has 1 unspecified atom stereocenters. The second-order valence-electron chi connectivity index (χ2n) is 5.51. The summed E-state index contributed by atoms with van der Waals surface area (Å²) >= 11 is 0.865. The van der Waals surface area contributed by atoms with Gasteiger partial charge >= 0.3 is 0 Å². The molecule has 2 fully saturated rings. The summed E-state index contributed by atoms with van der Waals surface area (Å²) in [6.45, 7) is 1.20. The molecule has 0 aromatic heterocycles. The van der Waals surface area contributed by atoms with E-state index in [1.54, 1.807) is 19.3 Å². The number of carbonyl (C=O) groups is 2. The first-order valence-corrected chi connectivity index (χ1v) is 8.27. The molecule has 2 saturated heterocycles. The highest BCUT2D eigenvalue weighted by atomic mass is 32.2. The number of ether oxygens (including phenoxy) is 2. The molecule has 2 heterocycles. The predicted octanol–water partition coefficient (Wildman–Crippen LogP) is 1.60. The van der Waals surface area contributed by atoms with Crippen molar-refractivity contribution in [2.75, 3.05) is 32.2 Å². The first-order valence-electron chi connectivity index (χ1n) is 7.45. The van der Waals surface area contributed by atoms with Crippen LogP contribution in [0.2, 0.25) is 0 Å². The number of nitrogens with zero attached hydrogens (tertiary/aromatic N) is 1. The molecule has 0 bridgehead atoms. The molecule has 0 radical (unpaired) electrons. The number of aliphatic hydroxyl groups excluding tert-OH is 1. The van der Waals surface area contributed by atoms with Crippen LogP contribution in [0.15, 0.2) is 17.0 Å². The largest absolute Gasteiger partial charge is 0.493 e. The van der Waals surface area contributed by atoms with Crippen molar-refractivity contribution < 1.29 is 24.2 Å². The molecule has 0 spiro atoms. The summed E-state index contributed by atoms with van der Waals surface area (Å²) < 4.78 is 10.7. The topological polar surface area (TPSA) is 88.1 Å². The Hall–Kier alpha value is -2.19. The summed E-state index contributed by atoms with van der Waals surface area (Å²) in [6.07, 6.45) is 1.95. The Kier molecular flexibility index (Phi) is 4.68. The predicted molar refractivity (Wildman–Crippen MR) is 91.5 cm³/mol.